The van der Waals surface area contributed by atoms with Gasteiger partial charge >= 0.3 is 0 Å². The van der Waals surface area contributed by atoms with Gasteiger partial charge in [0.05, 0.1) is 18.5 Å². The molecule has 112 valence electrons. The van der Waals surface area contributed by atoms with Gasteiger partial charge in [-0.15, -0.1) is 0 Å². The lowest BCUT2D eigenvalue weighted by Crippen LogP contribution is -2.26. The highest BCUT2D eigenvalue weighted by atomic mass is 16.5. The summed E-state index contributed by atoms with van der Waals surface area (Å²) in [6, 6.07) is 10.4. The molecule has 0 spiro atoms. The summed E-state index contributed by atoms with van der Waals surface area (Å²) in [5.41, 5.74) is 2.42. The standard InChI is InChI=1S/C17H23N3O/c1-14-18-10-17(20(14)16-6-4-3-5-7-16)12-19(2)11-15-8-9-21-13-15/h3-7,10,15H,8-9,11-13H2,1-2H3/t15-/m0/s1. The molecule has 1 aromatic carbocycles. The number of rotatable bonds is 5. The second kappa shape index (κ2) is 6.41. The molecular weight excluding hydrogens is 262 g/mol. The molecule has 1 aliphatic heterocycles. The van der Waals surface area contributed by atoms with E-state index < -0.39 is 0 Å². The molecule has 4 nitrogen and oxygen atoms in total. The van der Waals surface area contributed by atoms with Gasteiger partial charge < -0.3 is 9.64 Å². The predicted molar refractivity (Wildman–Crippen MR) is 83.6 cm³/mol. The van der Waals surface area contributed by atoms with E-state index in [4.69, 9.17) is 4.74 Å². The highest BCUT2D eigenvalue weighted by Crippen LogP contribution is 2.18. The predicted octanol–water partition coefficient (Wildman–Crippen LogP) is 2.65. The molecule has 0 N–H and O–H groups in total. The Hall–Kier alpha value is -1.65. The number of hydrogen-bond donors (Lipinski definition) is 0. The van der Waals surface area contributed by atoms with Crippen LogP contribution in [-0.2, 0) is 11.3 Å². The monoisotopic (exact) mass is 285 g/mol. The van der Waals surface area contributed by atoms with Crippen molar-refractivity contribution in [3.8, 4) is 5.69 Å². The Bertz CT molecular complexity index is 573. The van der Waals surface area contributed by atoms with Crippen LogP contribution in [0, 0.1) is 12.8 Å². The van der Waals surface area contributed by atoms with Gasteiger partial charge in [-0.25, -0.2) is 4.98 Å². The van der Waals surface area contributed by atoms with Crippen LogP contribution in [0.3, 0.4) is 0 Å². The zero-order valence-electron chi connectivity index (χ0n) is 12.8. The molecule has 1 fully saturated rings. The normalized spacial score (nSPS) is 18.5. The molecule has 3 rings (SSSR count). The first kappa shape index (κ1) is 14.3. The molecule has 2 aromatic rings. The third-order valence-corrected chi connectivity index (χ3v) is 4.05. The number of hydrogen-bond acceptors (Lipinski definition) is 3. The Kier molecular flexibility index (Phi) is 4.36. The van der Waals surface area contributed by atoms with Crippen LogP contribution in [-0.4, -0.2) is 41.3 Å². The number of aromatic nitrogens is 2. The van der Waals surface area contributed by atoms with Gasteiger partial charge in [-0.1, -0.05) is 18.2 Å². The first-order chi connectivity index (χ1) is 10.2. The van der Waals surface area contributed by atoms with Crippen molar-refractivity contribution in [2.75, 3.05) is 26.8 Å². The molecule has 1 aliphatic rings. The fourth-order valence-electron chi connectivity index (χ4n) is 3.04. The number of aryl methyl sites for hydroxylation is 1. The van der Waals surface area contributed by atoms with E-state index in [0.717, 1.165) is 32.1 Å². The minimum Gasteiger partial charge on any atom is -0.381 e. The molecule has 2 heterocycles. The van der Waals surface area contributed by atoms with Crippen LogP contribution in [0.4, 0.5) is 0 Å². The van der Waals surface area contributed by atoms with Crippen molar-refractivity contribution in [2.24, 2.45) is 5.92 Å². The van der Waals surface area contributed by atoms with Crippen LogP contribution in [0.2, 0.25) is 0 Å². The summed E-state index contributed by atoms with van der Waals surface area (Å²) in [4.78, 5) is 6.86. The second-order valence-electron chi connectivity index (χ2n) is 5.89. The summed E-state index contributed by atoms with van der Waals surface area (Å²) < 4.78 is 7.70. The largest absolute Gasteiger partial charge is 0.381 e. The van der Waals surface area contributed by atoms with Crippen LogP contribution in [0.15, 0.2) is 36.5 Å². The Morgan fingerprint density at radius 1 is 1.33 bits per heavy atom. The third-order valence-electron chi connectivity index (χ3n) is 4.05. The summed E-state index contributed by atoms with van der Waals surface area (Å²) >= 11 is 0. The number of benzene rings is 1. The number of imidazole rings is 1. The molecule has 21 heavy (non-hydrogen) atoms. The van der Waals surface area contributed by atoms with Gasteiger partial charge in [0, 0.05) is 25.4 Å². The molecule has 0 aliphatic carbocycles. The molecule has 1 saturated heterocycles. The average molecular weight is 285 g/mol. The summed E-state index contributed by atoms with van der Waals surface area (Å²) in [7, 11) is 2.18. The van der Waals surface area contributed by atoms with E-state index >= 15 is 0 Å². The minimum atomic E-state index is 0.671. The topological polar surface area (TPSA) is 30.3 Å². The van der Waals surface area contributed by atoms with Gasteiger partial charge in [0.1, 0.15) is 5.82 Å². The molecule has 4 heteroatoms. The fourth-order valence-corrected chi connectivity index (χ4v) is 3.04. The maximum Gasteiger partial charge on any atom is 0.110 e. The van der Waals surface area contributed by atoms with Gasteiger partial charge in [-0.3, -0.25) is 4.57 Å². The maximum atomic E-state index is 5.46. The lowest BCUT2D eigenvalue weighted by atomic mass is 10.1. The summed E-state index contributed by atoms with van der Waals surface area (Å²) in [5, 5.41) is 0. The summed E-state index contributed by atoms with van der Waals surface area (Å²) in [6.07, 6.45) is 3.17. The van der Waals surface area contributed by atoms with E-state index in [0.29, 0.717) is 5.92 Å². The molecule has 0 amide bonds. The van der Waals surface area contributed by atoms with Crippen molar-refractivity contribution in [1.82, 2.24) is 14.5 Å². The smallest absolute Gasteiger partial charge is 0.110 e. The van der Waals surface area contributed by atoms with Crippen molar-refractivity contribution in [3.63, 3.8) is 0 Å². The van der Waals surface area contributed by atoms with Gasteiger partial charge in [-0.05, 0) is 38.4 Å². The SMILES string of the molecule is Cc1ncc(CN(C)C[C@@H]2CCOC2)n1-c1ccccc1. The zero-order chi connectivity index (χ0) is 14.7. The minimum absolute atomic E-state index is 0.671. The van der Waals surface area contributed by atoms with E-state index in [1.54, 1.807) is 0 Å². The molecule has 1 atom stereocenters. The van der Waals surface area contributed by atoms with Crippen LogP contribution < -0.4 is 0 Å². The summed E-state index contributed by atoms with van der Waals surface area (Å²) in [5.74, 6) is 1.71. The molecule has 0 bridgehead atoms. The Morgan fingerprint density at radius 2 is 2.14 bits per heavy atom. The van der Waals surface area contributed by atoms with Crippen LogP contribution in [0.1, 0.15) is 17.9 Å². The van der Waals surface area contributed by atoms with E-state index in [1.165, 1.54) is 17.8 Å². The third kappa shape index (κ3) is 3.34. The molecule has 0 unspecified atom stereocenters. The van der Waals surface area contributed by atoms with Crippen molar-refractivity contribution in [1.29, 1.82) is 0 Å². The first-order valence-electron chi connectivity index (χ1n) is 7.59. The van der Waals surface area contributed by atoms with Gasteiger partial charge in [0.15, 0.2) is 0 Å². The zero-order valence-corrected chi connectivity index (χ0v) is 12.8. The number of ether oxygens (including phenoxy) is 1. The summed E-state index contributed by atoms with van der Waals surface area (Å²) in [6.45, 7) is 5.87. The van der Waals surface area contributed by atoms with E-state index in [-0.39, 0.29) is 0 Å². The number of nitrogens with zero attached hydrogens (tertiary/aromatic N) is 3. The lowest BCUT2D eigenvalue weighted by Gasteiger charge is -2.21. The Balaban J connectivity index is 1.73. The van der Waals surface area contributed by atoms with E-state index in [9.17, 15) is 0 Å². The Labute approximate surface area is 126 Å². The van der Waals surface area contributed by atoms with Gasteiger partial charge in [0.2, 0.25) is 0 Å². The molecule has 0 saturated carbocycles. The average Bonchev–Trinajstić information content (AvgIpc) is 3.10. The van der Waals surface area contributed by atoms with Crippen molar-refractivity contribution < 1.29 is 4.74 Å². The van der Waals surface area contributed by atoms with Crippen LogP contribution in [0.5, 0.6) is 0 Å². The Morgan fingerprint density at radius 3 is 2.86 bits per heavy atom. The highest BCUT2D eigenvalue weighted by molar-refractivity contribution is 5.35. The quantitative estimate of drug-likeness (QED) is 0.846. The maximum absolute atomic E-state index is 5.46. The lowest BCUT2D eigenvalue weighted by molar-refractivity contribution is 0.172. The van der Waals surface area contributed by atoms with E-state index in [2.05, 4.69) is 52.7 Å². The first-order valence-corrected chi connectivity index (χ1v) is 7.59. The highest BCUT2D eigenvalue weighted by Gasteiger charge is 2.18. The van der Waals surface area contributed by atoms with E-state index in [1.807, 2.05) is 12.3 Å². The van der Waals surface area contributed by atoms with Gasteiger partial charge in [0.25, 0.3) is 0 Å². The van der Waals surface area contributed by atoms with Crippen LogP contribution in [0.25, 0.3) is 5.69 Å². The van der Waals surface area contributed by atoms with Crippen LogP contribution >= 0.6 is 0 Å². The van der Waals surface area contributed by atoms with Crippen molar-refractivity contribution >= 4 is 0 Å². The second-order valence-corrected chi connectivity index (χ2v) is 5.89. The molecular formula is C17H23N3O. The fraction of sp³-hybridized carbons (Fsp3) is 0.471. The van der Waals surface area contributed by atoms with Crippen molar-refractivity contribution in [2.45, 2.75) is 19.9 Å². The van der Waals surface area contributed by atoms with Gasteiger partial charge in [-0.2, -0.15) is 0 Å². The number of para-hydroxylation sites is 1. The van der Waals surface area contributed by atoms with Crippen molar-refractivity contribution in [3.05, 3.63) is 48.0 Å². The molecule has 0 radical (unpaired) electrons. The molecule has 1 aromatic heterocycles.